The number of halogens is 6. The zero-order valence-corrected chi connectivity index (χ0v) is 22.2. The number of amides is 1. The first-order chi connectivity index (χ1) is 16.5. The molecule has 3 aromatic carbocycles. The highest BCUT2D eigenvalue weighted by atomic mass is 79.9. The highest BCUT2D eigenvalue weighted by molar-refractivity contribution is 9.11. The molecule has 0 bridgehead atoms. The average molecular weight is 647 g/mol. The van der Waals surface area contributed by atoms with E-state index in [1.165, 1.54) is 24.3 Å². The highest BCUT2D eigenvalue weighted by Gasteiger charge is 2.36. The van der Waals surface area contributed by atoms with Crippen LogP contribution in [-0.4, -0.2) is 10.2 Å². The third-order valence-electron chi connectivity index (χ3n) is 4.84. The number of carbonyl (C=O) groups excluding carboxylic acids is 1. The third kappa shape index (κ3) is 5.96. The molecule has 1 fully saturated rings. The molecule has 0 N–H and O–H groups in total. The van der Waals surface area contributed by atoms with Crippen molar-refractivity contribution in [2.75, 3.05) is 4.90 Å². The minimum Gasteiger partial charge on any atom is -0.487 e. The fourth-order valence-electron chi connectivity index (χ4n) is 3.20. The number of nitrogens with zero attached hydrogens (tertiary/aromatic N) is 1. The van der Waals surface area contributed by atoms with Crippen LogP contribution in [0.4, 0.5) is 23.2 Å². The van der Waals surface area contributed by atoms with Crippen molar-refractivity contribution >= 4 is 77.8 Å². The quantitative estimate of drug-likeness (QED) is 0.158. The monoisotopic (exact) mass is 645 g/mol. The number of anilines is 1. The van der Waals surface area contributed by atoms with E-state index in [0.29, 0.717) is 20.3 Å². The summed E-state index contributed by atoms with van der Waals surface area (Å²) in [6.07, 6.45) is -2.93. The Labute approximate surface area is 224 Å². The van der Waals surface area contributed by atoms with Gasteiger partial charge in [-0.1, -0.05) is 42.2 Å². The van der Waals surface area contributed by atoms with Gasteiger partial charge in [-0.05, 0) is 91.5 Å². The van der Waals surface area contributed by atoms with Crippen LogP contribution < -0.4 is 9.64 Å². The fraction of sp³-hybridized carbons (Fsp3) is 0.0833. The molecule has 0 aromatic heterocycles. The lowest BCUT2D eigenvalue weighted by molar-refractivity contribution is -0.137. The van der Waals surface area contributed by atoms with Crippen molar-refractivity contribution in [2.24, 2.45) is 0 Å². The van der Waals surface area contributed by atoms with Crippen LogP contribution in [0, 0.1) is 5.82 Å². The molecule has 35 heavy (non-hydrogen) atoms. The Bertz CT molecular complexity index is 1320. The Kier molecular flexibility index (Phi) is 7.70. The standard InChI is InChI=1S/C24H13Br2F4NO2S2/c25-18-8-14(9-19(26)21(18)33-12-13-4-6-16(27)7-5-13)10-20-22(32)31(23(34)35-20)17-3-1-2-15(11-17)24(28,29)30/h1-11H,12H2/b20-10+. The van der Waals surface area contributed by atoms with Gasteiger partial charge in [-0.2, -0.15) is 13.2 Å². The second-order valence-electron chi connectivity index (χ2n) is 7.29. The summed E-state index contributed by atoms with van der Waals surface area (Å²) in [5, 5.41) is 0. The Morgan fingerprint density at radius 1 is 1.03 bits per heavy atom. The van der Waals surface area contributed by atoms with Gasteiger partial charge >= 0.3 is 6.18 Å². The van der Waals surface area contributed by atoms with E-state index >= 15 is 0 Å². The maximum absolute atomic E-state index is 13.1. The Morgan fingerprint density at radius 2 is 1.69 bits per heavy atom. The number of thiocarbonyl (C=S) groups is 1. The van der Waals surface area contributed by atoms with Gasteiger partial charge < -0.3 is 4.74 Å². The van der Waals surface area contributed by atoms with E-state index in [-0.39, 0.29) is 27.3 Å². The average Bonchev–Trinajstić information content (AvgIpc) is 3.06. The number of benzene rings is 3. The molecule has 0 saturated carbocycles. The van der Waals surface area contributed by atoms with Crippen molar-refractivity contribution in [3.05, 3.63) is 97.0 Å². The minimum absolute atomic E-state index is 0.0534. The third-order valence-corrected chi connectivity index (χ3v) is 7.32. The van der Waals surface area contributed by atoms with Crippen LogP contribution >= 0.6 is 55.8 Å². The summed E-state index contributed by atoms with van der Waals surface area (Å²) in [5.41, 5.74) is 0.615. The number of ether oxygens (including phenoxy) is 1. The number of carbonyl (C=O) groups is 1. The molecule has 1 saturated heterocycles. The van der Waals surface area contributed by atoms with E-state index < -0.39 is 17.6 Å². The van der Waals surface area contributed by atoms with E-state index in [9.17, 15) is 22.4 Å². The number of thioether (sulfide) groups is 1. The second-order valence-corrected chi connectivity index (χ2v) is 10.7. The van der Waals surface area contributed by atoms with Crippen molar-refractivity contribution in [2.45, 2.75) is 12.8 Å². The fourth-order valence-corrected chi connectivity index (χ4v) is 5.95. The smallest absolute Gasteiger partial charge is 0.416 e. The van der Waals surface area contributed by atoms with Crippen molar-refractivity contribution in [1.82, 2.24) is 0 Å². The lowest BCUT2D eigenvalue weighted by atomic mass is 10.1. The Balaban J connectivity index is 1.55. The first kappa shape index (κ1) is 25.9. The Morgan fingerprint density at radius 3 is 2.31 bits per heavy atom. The molecule has 0 radical (unpaired) electrons. The number of hydrogen-bond acceptors (Lipinski definition) is 4. The van der Waals surface area contributed by atoms with Crippen LogP contribution in [0.25, 0.3) is 6.08 Å². The zero-order valence-electron chi connectivity index (χ0n) is 17.4. The van der Waals surface area contributed by atoms with Crippen LogP contribution in [0.1, 0.15) is 16.7 Å². The van der Waals surface area contributed by atoms with E-state index in [1.54, 1.807) is 30.3 Å². The van der Waals surface area contributed by atoms with Crippen molar-refractivity contribution in [1.29, 1.82) is 0 Å². The molecule has 1 heterocycles. The molecule has 0 aliphatic carbocycles. The number of rotatable bonds is 5. The van der Waals surface area contributed by atoms with Gasteiger partial charge in [0, 0.05) is 0 Å². The predicted molar refractivity (Wildman–Crippen MR) is 140 cm³/mol. The van der Waals surface area contributed by atoms with E-state index in [0.717, 1.165) is 34.4 Å². The predicted octanol–water partition coefficient (Wildman–Crippen LogP) is 8.35. The van der Waals surface area contributed by atoms with Gasteiger partial charge in [0.1, 0.15) is 18.2 Å². The number of alkyl halides is 3. The van der Waals surface area contributed by atoms with Crippen molar-refractivity contribution in [3.63, 3.8) is 0 Å². The summed E-state index contributed by atoms with van der Waals surface area (Å²) in [7, 11) is 0. The van der Waals surface area contributed by atoms with Crippen LogP contribution in [-0.2, 0) is 17.6 Å². The molecule has 1 aliphatic rings. The summed E-state index contributed by atoms with van der Waals surface area (Å²) in [4.78, 5) is 14.4. The minimum atomic E-state index is -4.54. The van der Waals surface area contributed by atoms with Gasteiger partial charge in [0.05, 0.1) is 25.1 Å². The molecular formula is C24H13Br2F4NO2S2. The van der Waals surface area contributed by atoms with Crippen molar-refractivity contribution < 1.29 is 27.1 Å². The molecule has 3 aromatic rings. The lowest BCUT2D eigenvalue weighted by Gasteiger charge is -2.16. The van der Waals surface area contributed by atoms with Crippen LogP contribution in [0.15, 0.2) is 74.5 Å². The van der Waals surface area contributed by atoms with Crippen molar-refractivity contribution in [3.8, 4) is 5.75 Å². The van der Waals surface area contributed by atoms with Gasteiger partial charge in [0.2, 0.25) is 0 Å². The maximum atomic E-state index is 13.1. The molecule has 4 rings (SSSR count). The largest absolute Gasteiger partial charge is 0.487 e. The molecule has 1 aliphatic heterocycles. The van der Waals surface area contributed by atoms with Crippen LogP contribution in [0.3, 0.4) is 0 Å². The van der Waals surface area contributed by atoms with Gasteiger partial charge in [-0.25, -0.2) is 4.39 Å². The molecular weight excluding hydrogens is 634 g/mol. The molecule has 0 unspecified atom stereocenters. The molecule has 11 heteroatoms. The SMILES string of the molecule is O=C1/C(=C\c2cc(Br)c(OCc3ccc(F)cc3)c(Br)c2)SC(=S)N1c1cccc(C(F)(F)F)c1. The second kappa shape index (κ2) is 10.4. The topological polar surface area (TPSA) is 29.5 Å². The van der Waals surface area contributed by atoms with Gasteiger partial charge in [-0.3, -0.25) is 9.69 Å². The van der Waals surface area contributed by atoms with Crippen LogP contribution in [0.5, 0.6) is 5.75 Å². The molecule has 3 nitrogen and oxygen atoms in total. The summed E-state index contributed by atoms with van der Waals surface area (Å²) < 4.78 is 59.6. The zero-order chi connectivity index (χ0) is 25.3. The summed E-state index contributed by atoms with van der Waals surface area (Å²) in [6, 6.07) is 13.9. The first-order valence-corrected chi connectivity index (χ1v) is 12.7. The van der Waals surface area contributed by atoms with Gasteiger partial charge in [0.15, 0.2) is 4.32 Å². The lowest BCUT2D eigenvalue weighted by Crippen LogP contribution is -2.27. The van der Waals surface area contributed by atoms with Gasteiger partial charge in [0.25, 0.3) is 5.91 Å². The Hall–Kier alpha value is -2.21. The summed E-state index contributed by atoms with van der Waals surface area (Å²) in [5.74, 6) is -0.329. The van der Waals surface area contributed by atoms with E-state index in [1.807, 2.05) is 0 Å². The van der Waals surface area contributed by atoms with Gasteiger partial charge in [-0.15, -0.1) is 0 Å². The van der Waals surface area contributed by atoms with Crippen LogP contribution in [0.2, 0.25) is 0 Å². The summed E-state index contributed by atoms with van der Waals surface area (Å²) in [6.45, 7) is 0.215. The maximum Gasteiger partial charge on any atom is 0.416 e. The molecule has 0 atom stereocenters. The molecule has 180 valence electrons. The summed E-state index contributed by atoms with van der Waals surface area (Å²) >= 11 is 13.2. The normalized spacial score (nSPS) is 15.3. The van der Waals surface area contributed by atoms with E-state index in [4.69, 9.17) is 17.0 Å². The number of hydrogen-bond donors (Lipinski definition) is 0. The highest BCUT2D eigenvalue weighted by Crippen LogP contribution is 2.40. The first-order valence-electron chi connectivity index (χ1n) is 9.84. The van der Waals surface area contributed by atoms with E-state index in [2.05, 4.69) is 31.9 Å². The molecule has 0 spiro atoms. The molecule has 1 amide bonds.